The largest absolute Gasteiger partial charge is 0.368 e. The molecule has 6 heterocycles. The molecule has 0 saturated carbocycles. The lowest BCUT2D eigenvalue weighted by atomic mass is 10.5. The molecule has 0 aliphatic carbocycles. The van der Waals surface area contributed by atoms with E-state index in [0.717, 1.165) is 29.9 Å². The van der Waals surface area contributed by atoms with Gasteiger partial charge in [-0.1, -0.05) is 47.6 Å². The molecule has 0 spiro atoms. The van der Waals surface area contributed by atoms with Crippen LogP contribution in [0.1, 0.15) is 62.3 Å². The van der Waals surface area contributed by atoms with Crippen LogP contribution in [0.25, 0.3) is 16.1 Å². The number of hydrogen-bond acceptors (Lipinski definition) is 17. The van der Waals surface area contributed by atoms with Crippen molar-refractivity contribution in [2.24, 2.45) is 0 Å². The molecule has 18 nitrogen and oxygen atoms in total. The van der Waals surface area contributed by atoms with Gasteiger partial charge >= 0.3 is 0 Å². The third kappa shape index (κ3) is 13.0. The van der Waals surface area contributed by atoms with Crippen LogP contribution in [0.4, 0.5) is 35.7 Å². The maximum absolute atomic E-state index is 5.68. The highest BCUT2D eigenvalue weighted by Crippen LogP contribution is 2.17. The number of hydrogen-bond donors (Lipinski definition) is 6. The minimum Gasteiger partial charge on any atom is -0.368 e. The van der Waals surface area contributed by atoms with E-state index in [4.69, 9.17) is 17.2 Å². The van der Waals surface area contributed by atoms with Gasteiger partial charge in [-0.3, -0.25) is 0 Å². The smallest absolute Gasteiger partial charge is 0.244 e. The molecule has 0 aliphatic rings. The van der Waals surface area contributed by atoms with E-state index < -0.39 is 0 Å². The topological polar surface area (TPSA) is 245 Å². The Morgan fingerprint density at radius 2 is 1.10 bits per heavy atom. The zero-order valence-corrected chi connectivity index (χ0v) is 31.3. The Labute approximate surface area is 295 Å². The van der Waals surface area contributed by atoms with Crippen molar-refractivity contribution in [3.05, 3.63) is 47.5 Å². The first-order valence-corrected chi connectivity index (χ1v) is 17.8. The number of nitrogens with zero attached hydrogens (tertiary/aromatic N) is 12. The monoisotopic (exact) mass is 714 g/mol. The SMILES string of the molecule is CC.CC.CC.CCNc1nc(N)n(-c2nccs2)n1.CCNc1nc(N)nn1-c1ccccn1.CCNc1nc(N)nn1-c1nccs1. The molecule has 20 heteroatoms. The molecule has 0 radical (unpaired) electrons. The molecule has 6 rings (SSSR count). The molecule has 0 aromatic carbocycles. The van der Waals surface area contributed by atoms with Gasteiger partial charge in [-0.15, -0.1) is 38.0 Å². The van der Waals surface area contributed by atoms with E-state index in [2.05, 4.69) is 61.2 Å². The second-order valence-electron chi connectivity index (χ2n) is 8.02. The maximum Gasteiger partial charge on any atom is 0.244 e. The van der Waals surface area contributed by atoms with Gasteiger partial charge in [-0.2, -0.15) is 29.0 Å². The lowest BCUT2D eigenvalue weighted by Gasteiger charge is -2.04. The summed E-state index contributed by atoms with van der Waals surface area (Å²) in [5.74, 6) is 3.27. The van der Waals surface area contributed by atoms with E-state index in [1.165, 1.54) is 27.4 Å². The minimum atomic E-state index is 0.233. The zero-order chi connectivity index (χ0) is 36.6. The van der Waals surface area contributed by atoms with Gasteiger partial charge in [-0.25, -0.2) is 15.0 Å². The van der Waals surface area contributed by atoms with E-state index in [0.29, 0.717) is 29.6 Å². The predicted octanol–water partition coefficient (Wildman–Crippen LogP) is 5.23. The molecule has 6 aromatic rings. The standard InChI is InChI=1S/C9H12N6.2C7H10N6S.3C2H6/c1-2-11-9-13-8(10)14-15(9)7-5-3-4-6-12-7;1-2-9-6-11-5(8)13(12-6)7-10-3-4-14-7;1-2-9-6-11-5(8)12-13(6)7-10-3-4-14-7;3*1-2/h3-6H,2H2,1H3,(H3,10,11,13,14);2*3-4H,2H2,1H3,(H3,8,9,11,12);3*1-2H3. The number of anilines is 6. The summed E-state index contributed by atoms with van der Waals surface area (Å²) in [6, 6.07) is 5.57. The van der Waals surface area contributed by atoms with Crippen LogP contribution in [-0.2, 0) is 0 Å². The Morgan fingerprint density at radius 3 is 1.57 bits per heavy atom. The lowest BCUT2D eigenvalue weighted by Crippen LogP contribution is -2.07. The average molecular weight is 715 g/mol. The van der Waals surface area contributed by atoms with E-state index in [9.17, 15) is 0 Å². The molecule has 6 aromatic heterocycles. The highest BCUT2D eigenvalue weighted by Gasteiger charge is 2.11. The normalized spacial score (nSPS) is 9.41. The molecule has 0 atom stereocenters. The fourth-order valence-electron chi connectivity index (χ4n) is 3.31. The first kappa shape index (κ1) is 41.7. The molecule has 0 unspecified atom stereocenters. The summed E-state index contributed by atoms with van der Waals surface area (Å²) in [4.78, 5) is 24.5. The van der Waals surface area contributed by atoms with Crippen molar-refractivity contribution in [2.75, 3.05) is 52.8 Å². The van der Waals surface area contributed by atoms with Crippen LogP contribution in [0, 0.1) is 0 Å². The molecular weight excluding hydrogens is 665 g/mol. The summed E-state index contributed by atoms with van der Waals surface area (Å²) in [7, 11) is 0. The second-order valence-corrected chi connectivity index (χ2v) is 9.77. The Kier molecular flexibility index (Phi) is 20.3. The first-order valence-electron chi connectivity index (χ1n) is 16.0. The third-order valence-corrected chi connectivity index (χ3v) is 6.45. The highest BCUT2D eigenvalue weighted by molar-refractivity contribution is 7.12. The predicted molar refractivity (Wildman–Crippen MR) is 203 cm³/mol. The fraction of sp³-hybridized carbons (Fsp3) is 0.414. The molecule has 0 amide bonds. The van der Waals surface area contributed by atoms with Crippen molar-refractivity contribution in [3.8, 4) is 16.1 Å². The fourth-order valence-corrected chi connectivity index (χ4v) is 4.50. The minimum absolute atomic E-state index is 0.233. The van der Waals surface area contributed by atoms with Gasteiger partial charge < -0.3 is 33.2 Å². The zero-order valence-electron chi connectivity index (χ0n) is 29.7. The van der Waals surface area contributed by atoms with E-state index >= 15 is 0 Å². The molecule has 0 aliphatic heterocycles. The molecule has 49 heavy (non-hydrogen) atoms. The summed E-state index contributed by atoms with van der Waals surface area (Å²) >= 11 is 2.95. The number of pyridine rings is 1. The van der Waals surface area contributed by atoms with Crippen molar-refractivity contribution in [1.29, 1.82) is 0 Å². The second kappa shape index (κ2) is 23.9. The quantitative estimate of drug-likeness (QED) is 0.112. The van der Waals surface area contributed by atoms with Crippen molar-refractivity contribution >= 4 is 58.4 Å². The highest BCUT2D eigenvalue weighted by atomic mass is 32.1. The van der Waals surface area contributed by atoms with Gasteiger partial charge in [-0.05, 0) is 32.9 Å². The Balaban J connectivity index is 0.000000341. The average Bonchev–Trinajstić information content (AvgIpc) is 3.98. The number of nitrogens with two attached hydrogens (primary N) is 3. The Bertz CT molecular complexity index is 1640. The van der Waals surface area contributed by atoms with E-state index in [-0.39, 0.29) is 11.9 Å². The number of rotatable bonds is 9. The van der Waals surface area contributed by atoms with Crippen LogP contribution >= 0.6 is 22.7 Å². The summed E-state index contributed by atoms with van der Waals surface area (Å²) in [5.41, 5.74) is 16.7. The number of thiazole rings is 2. The van der Waals surface area contributed by atoms with Crippen molar-refractivity contribution in [3.63, 3.8) is 0 Å². The van der Waals surface area contributed by atoms with Gasteiger partial charge in [0.15, 0.2) is 5.82 Å². The van der Waals surface area contributed by atoms with E-state index in [1.54, 1.807) is 28.0 Å². The maximum atomic E-state index is 5.68. The van der Waals surface area contributed by atoms with Gasteiger partial charge in [0.2, 0.25) is 46.0 Å². The number of nitrogen functional groups attached to an aromatic ring is 3. The van der Waals surface area contributed by atoms with Crippen LogP contribution < -0.4 is 33.2 Å². The lowest BCUT2D eigenvalue weighted by molar-refractivity contribution is 0.849. The molecule has 268 valence electrons. The number of aromatic nitrogens is 12. The summed E-state index contributed by atoms with van der Waals surface area (Å²) < 4.78 is 4.70. The van der Waals surface area contributed by atoms with Gasteiger partial charge in [0, 0.05) is 49.0 Å². The Hall–Kier alpha value is -5.37. The summed E-state index contributed by atoms with van der Waals surface area (Å²) in [6.45, 7) is 20.2. The first-order chi connectivity index (χ1) is 23.9. The number of nitrogens with one attached hydrogen (secondary N) is 3. The van der Waals surface area contributed by atoms with Crippen LogP contribution in [0.5, 0.6) is 0 Å². The van der Waals surface area contributed by atoms with Crippen LogP contribution in [-0.4, -0.2) is 78.9 Å². The molecule has 9 N–H and O–H groups in total. The summed E-state index contributed by atoms with van der Waals surface area (Å²) in [5, 5.41) is 26.6. The van der Waals surface area contributed by atoms with Gasteiger partial charge in [0.25, 0.3) is 0 Å². The van der Waals surface area contributed by atoms with Crippen molar-refractivity contribution < 1.29 is 0 Å². The van der Waals surface area contributed by atoms with Gasteiger partial charge in [0.1, 0.15) is 0 Å². The molecule has 0 saturated heterocycles. The molecule has 0 fully saturated rings. The van der Waals surface area contributed by atoms with Gasteiger partial charge in [0.05, 0.1) is 0 Å². The Morgan fingerprint density at radius 1 is 0.592 bits per heavy atom. The summed E-state index contributed by atoms with van der Waals surface area (Å²) in [6.07, 6.45) is 5.12. The van der Waals surface area contributed by atoms with Crippen molar-refractivity contribution in [2.45, 2.75) is 62.3 Å². The third-order valence-electron chi connectivity index (χ3n) is 4.95. The molecule has 0 bridgehead atoms. The molecular formula is C29H50N18S2. The van der Waals surface area contributed by atoms with E-state index in [1.807, 2.05) is 91.3 Å². The van der Waals surface area contributed by atoms with Crippen LogP contribution in [0.2, 0.25) is 0 Å². The van der Waals surface area contributed by atoms with Crippen molar-refractivity contribution in [1.82, 2.24) is 59.2 Å². The van der Waals surface area contributed by atoms with Crippen LogP contribution in [0.3, 0.4) is 0 Å². The van der Waals surface area contributed by atoms with Crippen LogP contribution in [0.15, 0.2) is 47.5 Å².